The van der Waals surface area contributed by atoms with E-state index < -0.39 is 0 Å². The van der Waals surface area contributed by atoms with Crippen LogP contribution in [0.15, 0.2) is 18.3 Å². The summed E-state index contributed by atoms with van der Waals surface area (Å²) < 4.78 is 4.78. The van der Waals surface area contributed by atoms with Gasteiger partial charge in [0.05, 0.1) is 13.2 Å². The number of amides is 2. The lowest BCUT2D eigenvalue weighted by molar-refractivity contribution is -0.120. The molecule has 1 aromatic rings. The fourth-order valence-electron chi connectivity index (χ4n) is 1.16. The largest absolute Gasteiger partial charge is 0.383 e. The van der Waals surface area contributed by atoms with Gasteiger partial charge in [0, 0.05) is 25.4 Å². The number of nitrogens with zero attached hydrogens (tertiary/aromatic N) is 1. The Kier molecular flexibility index (Phi) is 6.10. The maximum atomic E-state index is 11.6. The first-order valence-electron chi connectivity index (χ1n) is 5.29. The van der Waals surface area contributed by atoms with Crippen LogP contribution in [-0.2, 0) is 9.53 Å². The molecule has 1 heterocycles. The van der Waals surface area contributed by atoms with E-state index in [-0.39, 0.29) is 23.5 Å². The van der Waals surface area contributed by atoms with Crippen LogP contribution in [0, 0.1) is 0 Å². The van der Waals surface area contributed by atoms with Crippen molar-refractivity contribution < 1.29 is 14.3 Å². The number of methoxy groups -OCH3 is 1. The van der Waals surface area contributed by atoms with Crippen LogP contribution >= 0.6 is 11.6 Å². The highest BCUT2D eigenvalue weighted by Gasteiger charge is 2.08. The Balaban J connectivity index is 2.35. The lowest BCUT2D eigenvalue weighted by Gasteiger charge is -2.06. The molecule has 1 rings (SSSR count). The molecular formula is C11H14ClN3O3. The third-order valence-electron chi connectivity index (χ3n) is 2.03. The molecule has 0 aliphatic rings. The number of aromatic nitrogens is 1. The van der Waals surface area contributed by atoms with Crippen LogP contribution in [-0.4, -0.2) is 43.6 Å². The van der Waals surface area contributed by atoms with Gasteiger partial charge in [-0.15, -0.1) is 0 Å². The number of hydrogen-bond donors (Lipinski definition) is 2. The maximum Gasteiger partial charge on any atom is 0.251 e. The normalized spacial score (nSPS) is 9.89. The predicted molar refractivity (Wildman–Crippen MR) is 66.5 cm³/mol. The number of ether oxygens (including phenoxy) is 1. The Morgan fingerprint density at radius 2 is 2.22 bits per heavy atom. The summed E-state index contributed by atoms with van der Waals surface area (Å²) in [4.78, 5) is 26.7. The van der Waals surface area contributed by atoms with E-state index in [4.69, 9.17) is 16.3 Å². The molecule has 0 atom stereocenters. The van der Waals surface area contributed by atoms with Gasteiger partial charge in [0.2, 0.25) is 5.91 Å². The van der Waals surface area contributed by atoms with E-state index in [0.29, 0.717) is 18.7 Å². The summed E-state index contributed by atoms with van der Waals surface area (Å²) in [5, 5.41) is 5.29. The van der Waals surface area contributed by atoms with Gasteiger partial charge in [-0.25, -0.2) is 4.98 Å². The number of halogens is 1. The summed E-state index contributed by atoms with van der Waals surface area (Å²) in [7, 11) is 1.54. The highest BCUT2D eigenvalue weighted by atomic mass is 35.5. The van der Waals surface area contributed by atoms with Crippen molar-refractivity contribution in [3.8, 4) is 0 Å². The van der Waals surface area contributed by atoms with Gasteiger partial charge in [0.15, 0.2) is 0 Å². The first-order chi connectivity index (χ1) is 8.63. The summed E-state index contributed by atoms with van der Waals surface area (Å²) in [6.45, 7) is 0.744. The number of pyridine rings is 1. The van der Waals surface area contributed by atoms with Crippen LogP contribution in [0.3, 0.4) is 0 Å². The van der Waals surface area contributed by atoms with E-state index >= 15 is 0 Å². The molecule has 0 fully saturated rings. The standard InChI is InChI=1S/C11H14ClN3O3/c1-18-5-4-14-10(16)7-15-11(17)8-2-3-13-9(12)6-8/h2-3,6H,4-5,7H2,1H3,(H,14,16)(H,15,17). The minimum absolute atomic E-state index is 0.0948. The van der Waals surface area contributed by atoms with Crippen molar-refractivity contribution in [2.75, 3.05) is 26.8 Å². The molecule has 6 nitrogen and oxygen atoms in total. The molecule has 0 aromatic carbocycles. The molecule has 2 N–H and O–H groups in total. The molecule has 0 saturated heterocycles. The number of carbonyl (C=O) groups is 2. The highest BCUT2D eigenvalue weighted by molar-refractivity contribution is 6.29. The van der Waals surface area contributed by atoms with Crippen molar-refractivity contribution in [3.63, 3.8) is 0 Å². The quantitative estimate of drug-likeness (QED) is 0.573. The van der Waals surface area contributed by atoms with Crippen LogP contribution in [0.25, 0.3) is 0 Å². The van der Waals surface area contributed by atoms with E-state index in [9.17, 15) is 9.59 Å². The van der Waals surface area contributed by atoms with Crippen molar-refractivity contribution in [1.82, 2.24) is 15.6 Å². The molecular weight excluding hydrogens is 258 g/mol. The molecule has 0 aliphatic carbocycles. The molecule has 0 spiro atoms. The molecule has 1 aromatic heterocycles. The zero-order valence-electron chi connectivity index (χ0n) is 9.90. The van der Waals surface area contributed by atoms with Gasteiger partial charge in [-0.05, 0) is 12.1 Å². The topological polar surface area (TPSA) is 80.3 Å². The monoisotopic (exact) mass is 271 g/mol. The number of nitrogens with one attached hydrogen (secondary N) is 2. The van der Waals surface area contributed by atoms with E-state index in [2.05, 4.69) is 15.6 Å². The molecule has 2 amide bonds. The van der Waals surface area contributed by atoms with Crippen molar-refractivity contribution >= 4 is 23.4 Å². The van der Waals surface area contributed by atoms with Crippen LogP contribution in [0.4, 0.5) is 0 Å². The van der Waals surface area contributed by atoms with Gasteiger partial charge < -0.3 is 15.4 Å². The number of carbonyl (C=O) groups excluding carboxylic acids is 2. The fourth-order valence-corrected chi connectivity index (χ4v) is 1.34. The molecule has 98 valence electrons. The van der Waals surface area contributed by atoms with Crippen molar-refractivity contribution in [2.24, 2.45) is 0 Å². The van der Waals surface area contributed by atoms with Gasteiger partial charge in [0.1, 0.15) is 5.15 Å². The second-order valence-corrected chi connectivity index (χ2v) is 3.78. The zero-order valence-corrected chi connectivity index (χ0v) is 10.7. The average Bonchev–Trinajstić information content (AvgIpc) is 2.36. The molecule has 0 radical (unpaired) electrons. The lowest BCUT2D eigenvalue weighted by atomic mass is 10.2. The third kappa shape index (κ3) is 5.11. The van der Waals surface area contributed by atoms with E-state index in [1.165, 1.54) is 18.3 Å². The Morgan fingerprint density at radius 1 is 1.44 bits per heavy atom. The van der Waals surface area contributed by atoms with E-state index in [0.717, 1.165) is 0 Å². The minimum Gasteiger partial charge on any atom is -0.383 e. The average molecular weight is 272 g/mol. The number of hydrogen-bond acceptors (Lipinski definition) is 4. The van der Waals surface area contributed by atoms with Gasteiger partial charge in [0.25, 0.3) is 5.91 Å². The molecule has 0 bridgehead atoms. The Labute approximate surface area is 110 Å². The maximum absolute atomic E-state index is 11.6. The first kappa shape index (κ1) is 14.4. The fraction of sp³-hybridized carbons (Fsp3) is 0.364. The van der Waals surface area contributed by atoms with Crippen LogP contribution in [0.2, 0.25) is 5.15 Å². The second kappa shape index (κ2) is 7.62. The summed E-state index contributed by atoms with van der Waals surface area (Å²) >= 11 is 5.65. The molecule has 0 saturated carbocycles. The third-order valence-corrected chi connectivity index (χ3v) is 2.23. The Bertz CT molecular complexity index is 426. The van der Waals surface area contributed by atoms with E-state index in [1.807, 2.05) is 0 Å². The van der Waals surface area contributed by atoms with E-state index in [1.54, 1.807) is 7.11 Å². The molecule has 18 heavy (non-hydrogen) atoms. The van der Waals surface area contributed by atoms with Crippen LogP contribution < -0.4 is 10.6 Å². The van der Waals surface area contributed by atoms with Crippen LogP contribution in [0.1, 0.15) is 10.4 Å². The van der Waals surface area contributed by atoms with Gasteiger partial charge in [-0.1, -0.05) is 11.6 Å². The zero-order chi connectivity index (χ0) is 13.4. The molecule has 0 aliphatic heterocycles. The van der Waals surface area contributed by atoms with Crippen molar-refractivity contribution in [1.29, 1.82) is 0 Å². The SMILES string of the molecule is COCCNC(=O)CNC(=O)c1ccnc(Cl)c1. The van der Waals surface area contributed by atoms with Crippen molar-refractivity contribution in [3.05, 3.63) is 29.0 Å². The summed E-state index contributed by atoms with van der Waals surface area (Å²) in [6.07, 6.45) is 1.43. The van der Waals surface area contributed by atoms with Crippen LogP contribution in [0.5, 0.6) is 0 Å². The summed E-state index contributed by atoms with van der Waals surface area (Å²) in [5.41, 5.74) is 0.361. The van der Waals surface area contributed by atoms with Gasteiger partial charge in [-0.3, -0.25) is 9.59 Å². The predicted octanol–water partition coefficient (Wildman–Crippen LogP) is 0.227. The van der Waals surface area contributed by atoms with Crippen molar-refractivity contribution in [2.45, 2.75) is 0 Å². The molecule has 7 heteroatoms. The lowest BCUT2D eigenvalue weighted by Crippen LogP contribution is -2.38. The highest BCUT2D eigenvalue weighted by Crippen LogP contribution is 2.06. The van der Waals surface area contributed by atoms with Gasteiger partial charge >= 0.3 is 0 Å². The summed E-state index contributed by atoms with van der Waals surface area (Å²) in [6, 6.07) is 2.95. The second-order valence-electron chi connectivity index (χ2n) is 3.39. The first-order valence-corrected chi connectivity index (χ1v) is 5.66. The minimum atomic E-state index is -0.374. The summed E-state index contributed by atoms with van der Waals surface area (Å²) in [5.74, 6) is -0.651. The Hall–Kier alpha value is -1.66. The smallest absolute Gasteiger partial charge is 0.251 e. The Morgan fingerprint density at radius 3 is 2.89 bits per heavy atom. The molecule has 0 unspecified atom stereocenters. The van der Waals surface area contributed by atoms with Gasteiger partial charge in [-0.2, -0.15) is 0 Å². The number of rotatable bonds is 6.